The van der Waals surface area contributed by atoms with Crippen molar-refractivity contribution in [2.45, 2.75) is 37.6 Å². The molecule has 9 heteroatoms. The Kier molecular flexibility index (Phi) is 6.92. The van der Waals surface area contributed by atoms with Crippen molar-refractivity contribution >= 4 is 33.2 Å². The first-order valence-electron chi connectivity index (χ1n) is 11.1. The molecule has 0 spiro atoms. The van der Waals surface area contributed by atoms with E-state index >= 15 is 0 Å². The molecule has 1 aliphatic heterocycles. The normalized spacial score (nSPS) is 14.9. The zero-order valence-corrected chi connectivity index (χ0v) is 20.0. The molecule has 0 amide bonds. The molecule has 0 aliphatic carbocycles. The van der Waals surface area contributed by atoms with Crippen LogP contribution in [-0.4, -0.2) is 48.9 Å². The van der Waals surface area contributed by atoms with Crippen LogP contribution in [0.25, 0.3) is 0 Å². The molecule has 0 unspecified atom stereocenters. The van der Waals surface area contributed by atoms with E-state index in [1.807, 2.05) is 6.07 Å². The zero-order valence-electron chi connectivity index (χ0n) is 19.2. The number of aromatic nitrogens is 2. The van der Waals surface area contributed by atoms with E-state index in [1.54, 1.807) is 43.6 Å². The van der Waals surface area contributed by atoms with Crippen LogP contribution in [0, 0.1) is 13.8 Å². The molecule has 174 valence electrons. The first-order valence-corrected chi connectivity index (χ1v) is 12.5. The van der Waals surface area contributed by atoms with Gasteiger partial charge in [0.2, 0.25) is 16.0 Å². The number of piperidine rings is 1. The van der Waals surface area contributed by atoms with Gasteiger partial charge >= 0.3 is 0 Å². The smallest absolute Gasteiger partial charge is 0.243 e. The van der Waals surface area contributed by atoms with Crippen molar-refractivity contribution < 1.29 is 8.42 Å². The van der Waals surface area contributed by atoms with Crippen molar-refractivity contribution in [3.63, 3.8) is 0 Å². The number of hydrogen-bond donors (Lipinski definition) is 3. The Balaban J connectivity index is 1.44. The summed E-state index contributed by atoms with van der Waals surface area (Å²) in [6.07, 6.45) is 3.31. The van der Waals surface area contributed by atoms with Crippen molar-refractivity contribution in [3.8, 4) is 0 Å². The summed E-state index contributed by atoms with van der Waals surface area (Å²) in [7, 11) is -1.87. The minimum atomic E-state index is -3.54. The molecule has 1 saturated heterocycles. The van der Waals surface area contributed by atoms with Crippen LogP contribution in [0.2, 0.25) is 0 Å². The molecule has 4 rings (SSSR count). The van der Waals surface area contributed by atoms with E-state index < -0.39 is 10.0 Å². The van der Waals surface area contributed by atoms with Gasteiger partial charge in [0.25, 0.3) is 0 Å². The van der Waals surface area contributed by atoms with Crippen LogP contribution < -0.4 is 16.0 Å². The molecule has 0 bridgehead atoms. The van der Waals surface area contributed by atoms with Crippen LogP contribution in [-0.2, 0) is 10.0 Å². The van der Waals surface area contributed by atoms with Gasteiger partial charge in [-0.25, -0.2) is 13.4 Å². The second kappa shape index (κ2) is 9.86. The van der Waals surface area contributed by atoms with Crippen LogP contribution in [0.15, 0.2) is 59.6 Å². The first kappa shape index (κ1) is 23.2. The number of aryl methyl sites for hydroxylation is 2. The molecule has 0 atom stereocenters. The predicted molar refractivity (Wildman–Crippen MR) is 132 cm³/mol. The van der Waals surface area contributed by atoms with E-state index in [-0.39, 0.29) is 10.9 Å². The van der Waals surface area contributed by atoms with Crippen molar-refractivity contribution in [1.82, 2.24) is 19.6 Å². The molecule has 2 heterocycles. The highest BCUT2D eigenvalue weighted by molar-refractivity contribution is 7.89. The van der Waals surface area contributed by atoms with Gasteiger partial charge in [-0.1, -0.05) is 6.07 Å². The summed E-state index contributed by atoms with van der Waals surface area (Å²) in [6.45, 7) is 5.82. The summed E-state index contributed by atoms with van der Waals surface area (Å²) in [5.74, 6) is 1.09. The molecular weight excluding hydrogens is 436 g/mol. The molecule has 1 fully saturated rings. The minimum absolute atomic E-state index is 0.0232. The fourth-order valence-electron chi connectivity index (χ4n) is 3.83. The Hall–Kier alpha value is -3.01. The molecule has 2 aromatic carbocycles. The molecule has 0 radical (unpaired) electrons. The fourth-order valence-corrected chi connectivity index (χ4v) is 5.24. The van der Waals surface area contributed by atoms with Gasteiger partial charge in [-0.05, 0) is 93.4 Å². The van der Waals surface area contributed by atoms with Gasteiger partial charge < -0.3 is 16.0 Å². The maximum atomic E-state index is 13.0. The molecular formula is C24H30N6O2S. The molecule has 0 saturated carbocycles. The number of benzene rings is 2. The largest absolute Gasteiger partial charge is 0.340 e. The first-order chi connectivity index (χ1) is 15.8. The van der Waals surface area contributed by atoms with E-state index in [2.05, 4.69) is 51.9 Å². The van der Waals surface area contributed by atoms with E-state index in [4.69, 9.17) is 0 Å². The highest BCUT2D eigenvalue weighted by atomic mass is 32.2. The summed E-state index contributed by atoms with van der Waals surface area (Å²) in [4.78, 5) is 9.06. The van der Waals surface area contributed by atoms with Gasteiger partial charge in [0.1, 0.15) is 5.82 Å². The third-order valence-corrected chi connectivity index (χ3v) is 7.97. The Morgan fingerprint density at radius 2 is 1.64 bits per heavy atom. The zero-order chi connectivity index (χ0) is 23.4. The van der Waals surface area contributed by atoms with E-state index in [9.17, 15) is 8.42 Å². The molecule has 1 aliphatic rings. The van der Waals surface area contributed by atoms with E-state index in [0.29, 0.717) is 17.5 Å². The fraction of sp³-hybridized carbons (Fsp3) is 0.333. The van der Waals surface area contributed by atoms with E-state index in [1.165, 1.54) is 15.4 Å². The van der Waals surface area contributed by atoms with Gasteiger partial charge in [-0.2, -0.15) is 9.29 Å². The number of anilines is 4. The van der Waals surface area contributed by atoms with Crippen LogP contribution in [0.4, 0.5) is 23.1 Å². The summed E-state index contributed by atoms with van der Waals surface area (Å²) in [5.41, 5.74) is 4.10. The second-order valence-electron chi connectivity index (χ2n) is 8.34. The third kappa shape index (κ3) is 5.50. The second-order valence-corrected chi connectivity index (χ2v) is 10.3. The molecule has 33 heavy (non-hydrogen) atoms. The maximum absolute atomic E-state index is 13.0. The average Bonchev–Trinajstić information content (AvgIpc) is 2.82. The molecule has 8 nitrogen and oxygen atoms in total. The van der Waals surface area contributed by atoms with Crippen LogP contribution in [0.5, 0.6) is 0 Å². The van der Waals surface area contributed by atoms with Gasteiger partial charge in [0.15, 0.2) is 0 Å². The summed E-state index contributed by atoms with van der Waals surface area (Å²) >= 11 is 0. The van der Waals surface area contributed by atoms with Crippen LogP contribution in [0.1, 0.15) is 24.0 Å². The average molecular weight is 467 g/mol. The van der Waals surface area contributed by atoms with Gasteiger partial charge in [-0.15, -0.1) is 0 Å². The lowest BCUT2D eigenvalue weighted by Gasteiger charge is -2.30. The van der Waals surface area contributed by atoms with Crippen LogP contribution in [0.3, 0.4) is 0 Å². The molecule has 3 aromatic rings. The van der Waals surface area contributed by atoms with Gasteiger partial charge in [0.05, 0.1) is 4.90 Å². The topological polar surface area (TPSA) is 99.2 Å². The Labute approximate surface area is 195 Å². The lowest BCUT2D eigenvalue weighted by Crippen LogP contribution is -2.43. The number of hydrogen-bond acceptors (Lipinski definition) is 7. The third-order valence-electron chi connectivity index (χ3n) is 6.05. The van der Waals surface area contributed by atoms with Crippen molar-refractivity contribution in [2.24, 2.45) is 0 Å². The monoisotopic (exact) mass is 466 g/mol. The number of nitrogens with one attached hydrogen (secondary N) is 3. The number of sulfonamides is 1. The van der Waals surface area contributed by atoms with Crippen molar-refractivity contribution in [1.29, 1.82) is 0 Å². The van der Waals surface area contributed by atoms with E-state index in [0.717, 1.165) is 31.6 Å². The number of nitrogens with zero attached hydrogens (tertiary/aromatic N) is 3. The molecule has 1 aromatic heterocycles. The Bertz CT molecular complexity index is 1210. The van der Waals surface area contributed by atoms with Crippen molar-refractivity contribution in [2.75, 3.05) is 30.8 Å². The maximum Gasteiger partial charge on any atom is 0.243 e. The quantitative estimate of drug-likeness (QED) is 0.485. The van der Waals surface area contributed by atoms with Gasteiger partial charge in [0, 0.05) is 30.7 Å². The Morgan fingerprint density at radius 3 is 2.33 bits per heavy atom. The predicted octanol–water partition coefficient (Wildman–Crippen LogP) is 3.95. The standard InChI is InChI=1S/C24H30N6O2S/c1-17-4-5-20(16-18(17)2)27-23-12-15-26-24(29-23)28-19-6-8-22(9-7-19)33(31,32)30(3)21-10-13-25-14-11-21/h4-9,12,15-16,21,25H,10-11,13-14H2,1-3H3,(H2,26,27,28,29). The summed E-state index contributed by atoms with van der Waals surface area (Å²) < 4.78 is 27.5. The highest BCUT2D eigenvalue weighted by Crippen LogP contribution is 2.24. The highest BCUT2D eigenvalue weighted by Gasteiger charge is 2.28. The minimum Gasteiger partial charge on any atom is -0.340 e. The Morgan fingerprint density at radius 1 is 0.939 bits per heavy atom. The molecule has 3 N–H and O–H groups in total. The SMILES string of the molecule is Cc1ccc(Nc2ccnc(Nc3ccc(S(=O)(=O)N(C)C4CCNCC4)cc3)n2)cc1C. The lowest BCUT2D eigenvalue weighted by molar-refractivity contribution is 0.296. The summed E-state index contributed by atoms with van der Waals surface area (Å²) in [5, 5.41) is 9.70. The van der Waals surface area contributed by atoms with Crippen LogP contribution >= 0.6 is 0 Å². The summed E-state index contributed by atoms with van der Waals surface area (Å²) in [6, 6.07) is 14.7. The van der Waals surface area contributed by atoms with Crippen molar-refractivity contribution in [3.05, 3.63) is 65.9 Å². The number of rotatable bonds is 7. The lowest BCUT2D eigenvalue weighted by atomic mass is 10.1. The van der Waals surface area contributed by atoms with Gasteiger partial charge in [-0.3, -0.25) is 0 Å².